The number of benzene rings is 2. The maximum Gasteiger partial charge on any atom is 0.254 e. The molecule has 2 aliphatic heterocycles. The fourth-order valence-corrected chi connectivity index (χ4v) is 5.22. The van der Waals surface area contributed by atoms with E-state index in [2.05, 4.69) is 9.88 Å². The Morgan fingerprint density at radius 2 is 1.72 bits per heavy atom. The number of hydrogen-bond donors (Lipinski definition) is 0. The standard InChI is InChI=1S/C28H29FN4O3/c1-36-19-18-33-26(20-9-11-21(29)12-10-20)25(22-6-2-3-7-23(22)27(33)34)28(35)32-16-14-31(15-17-32)24-8-4-5-13-30-24/h2-13,25-26H,14-19H2,1H3/t25-,26+/m0/s1. The smallest absolute Gasteiger partial charge is 0.254 e. The normalized spacial score (nSPS) is 19.8. The fourth-order valence-electron chi connectivity index (χ4n) is 5.22. The quantitative estimate of drug-likeness (QED) is 0.532. The Morgan fingerprint density at radius 3 is 2.42 bits per heavy atom. The van der Waals surface area contributed by atoms with Crippen molar-refractivity contribution in [2.75, 3.05) is 51.3 Å². The predicted octanol–water partition coefficient (Wildman–Crippen LogP) is 3.50. The number of pyridine rings is 1. The first kappa shape index (κ1) is 23.9. The SMILES string of the molecule is COCCN1C(=O)c2ccccc2[C@H](C(=O)N2CCN(c3ccccn3)CC2)[C@H]1c1ccc(F)cc1. The number of piperazine rings is 1. The number of rotatable bonds is 6. The molecule has 0 spiro atoms. The molecule has 3 aromatic rings. The van der Waals surface area contributed by atoms with E-state index in [4.69, 9.17) is 4.74 Å². The van der Waals surface area contributed by atoms with Crippen LogP contribution < -0.4 is 4.90 Å². The van der Waals surface area contributed by atoms with Gasteiger partial charge in [-0.2, -0.15) is 0 Å². The van der Waals surface area contributed by atoms with Crippen molar-refractivity contribution in [1.29, 1.82) is 0 Å². The molecule has 2 aliphatic rings. The third-order valence-corrected chi connectivity index (χ3v) is 7.02. The fraction of sp³-hybridized carbons (Fsp3) is 0.321. The number of carbonyl (C=O) groups excluding carboxylic acids is 2. The molecule has 3 heterocycles. The van der Waals surface area contributed by atoms with Gasteiger partial charge in [0.1, 0.15) is 11.6 Å². The van der Waals surface area contributed by atoms with E-state index in [0.717, 1.165) is 11.4 Å². The van der Waals surface area contributed by atoms with Gasteiger partial charge in [-0.3, -0.25) is 9.59 Å². The highest BCUT2D eigenvalue weighted by molar-refractivity contribution is 6.01. The number of aromatic nitrogens is 1. The van der Waals surface area contributed by atoms with Gasteiger partial charge in [-0.25, -0.2) is 9.37 Å². The molecule has 186 valence electrons. The molecule has 2 atom stereocenters. The average molecular weight is 489 g/mol. The lowest BCUT2D eigenvalue weighted by molar-refractivity contribution is -0.135. The maximum absolute atomic E-state index is 14.2. The Bertz CT molecular complexity index is 1210. The van der Waals surface area contributed by atoms with Crippen molar-refractivity contribution in [1.82, 2.24) is 14.8 Å². The zero-order valence-electron chi connectivity index (χ0n) is 20.2. The van der Waals surface area contributed by atoms with E-state index in [1.807, 2.05) is 41.3 Å². The molecule has 2 aromatic carbocycles. The summed E-state index contributed by atoms with van der Waals surface area (Å²) in [6, 6.07) is 18.7. The molecule has 1 saturated heterocycles. The van der Waals surface area contributed by atoms with Crippen molar-refractivity contribution in [2.24, 2.45) is 0 Å². The van der Waals surface area contributed by atoms with E-state index < -0.39 is 12.0 Å². The van der Waals surface area contributed by atoms with Gasteiger partial charge in [-0.05, 0) is 41.5 Å². The molecular weight excluding hydrogens is 459 g/mol. The molecule has 5 rings (SSSR count). The van der Waals surface area contributed by atoms with E-state index in [1.54, 1.807) is 36.4 Å². The Labute approximate surface area is 210 Å². The summed E-state index contributed by atoms with van der Waals surface area (Å²) in [6.07, 6.45) is 1.77. The summed E-state index contributed by atoms with van der Waals surface area (Å²) in [5.41, 5.74) is 1.96. The molecule has 0 unspecified atom stereocenters. The molecule has 2 amide bonds. The number of anilines is 1. The predicted molar refractivity (Wildman–Crippen MR) is 134 cm³/mol. The Kier molecular flexibility index (Phi) is 6.95. The van der Waals surface area contributed by atoms with Crippen LogP contribution in [0.2, 0.25) is 0 Å². The third-order valence-electron chi connectivity index (χ3n) is 7.02. The first-order valence-corrected chi connectivity index (χ1v) is 12.2. The highest BCUT2D eigenvalue weighted by atomic mass is 19.1. The first-order chi connectivity index (χ1) is 17.6. The van der Waals surface area contributed by atoms with Gasteiger partial charge in [0.25, 0.3) is 5.91 Å². The van der Waals surface area contributed by atoms with Crippen LogP contribution in [0, 0.1) is 5.82 Å². The van der Waals surface area contributed by atoms with E-state index >= 15 is 0 Å². The Hall–Kier alpha value is -3.78. The molecule has 1 fully saturated rings. The van der Waals surface area contributed by atoms with Crippen molar-refractivity contribution < 1.29 is 18.7 Å². The number of methoxy groups -OCH3 is 1. The summed E-state index contributed by atoms with van der Waals surface area (Å²) in [5, 5.41) is 0. The molecule has 0 radical (unpaired) electrons. The Morgan fingerprint density at radius 1 is 1.00 bits per heavy atom. The van der Waals surface area contributed by atoms with Gasteiger partial charge in [-0.1, -0.05) is 36.4 Å². The molecule has 7 nitrogen and oxygen atoms in total. The molecule has 0 aliphatic carbocycles. The molecule has 0 saturated carbocycles. The number of halogens is 1. The molecule has 0 N–H and O–H groups in total. The molecule has 36 heavy (non-hydrogen) atoms. The lowest BCUT2D eigenvalue weighted by atomic mass is 9.78. The van der Waals surface area contributed by atoms with Crippen molar-refractivity contribution in [2.45, 2.75) is 12.0 Å². The van der Waals surface area contributed by atoms with Gasteiger partial charge < -0.3 is 19.4 Å². The van der Waals surface area contributed by atoms with Gasteiger partial charge in [0.15, 0.2) is 0 Å². The minimum atomic E-state index is -0.609. The topological polar surface area (TPSA) is 66.0 Å². The Balaban J connectivity index is 1.50. The van der Waals surface area contributed by atoms with Crippen molar-refractivity contribution in [3.8, 4) is 0 Å². The summed E-state index contributed by atoms with van der Waals surface area (Å²) in [7, 11) is 1.58. The monoisotopic (exact) mass is 488 g/mol. The second-order valence-electron chi connectivity index (χ2n) is 9.05. The number of fused-ring (bicyclic) bond motifs is 1. The van der Waals surface area contributed by atoms with Crippen molar-refractivity contribution in [3.63, 3.8) is 0 Å². The zero-order chi connectivity index (χ0) is 25.1. The van der Waals surface area contributed by atoms with E-state index in [1.165, 1.54) is 12.1 Å². The molecular formula is C28H29FN4O3. The minimum Gasteiger partial charge on any atom is -0.383 e. The number of amides is 2. The zero-order valence-corrected chi connectivity index (χ0v) is 20.2. The van der Waals surface area contributed by atoms with Crippen LogP contribution in [-0.4, -0.2) is 73.0 Å². The summed E-state index contributed by atoms with van der Waals surface area (Å²) in [4.78, 5) is 37.9. The van der Waals surface area contributed by atoms with Crippen LogP contribution in [-0.2, 0) is 9.53 Å². The number of carbonyl (C=O) groups is 2. The van der Waals surface area contributed by atoms with Crippen LogP contribution in [0.3, 0.4) is 0 Å². The number of hydrogen-bond acceptors (Lipinski definition) is 5. The lowest BCUT2D eigenvalue weighted by Crippen LogP contribution is -2.54. The maximum atomic E-state index is 14.2. The molecule has 1 aromatic heterocycles. The number of nitrogens with zero attached hydrogens (tertiary/aromatic N) is 4. The van der Waals surface area contributed by atoms with Gasteiger partial charge in [0, 0.05) is 51.6 Å². The highest BCUT2D eigenvalue weighted by Gasteiger charge is 2.45. The summed E-state index contributed by atoms with van der Waals surface area (Å²) < 4.78 is 19.1. The summed E-state index contributed by atoms with van der Waals surface area (Å²) in [6.45, 7) is 3.10. The van der Waals surface area contributed by atoms with Crippen molar-refractivity contribution >= 4 is 17.6 Å². The molecule has 8 heteroatoms. The number of ether oxygens (including phenoxy) is 1. The largest absolute Gasteiger partial charge is 0.383 e. The van der Waals surface area contributed by atoms with Crippen LogP contribution in [0.25, 0.3) is 0 Å². The van der Waals surface area contributed by atoms with Gasteiger partial charge >= 0.3 is 0 Å². The van der Waals surface area contributed by atoms with Crippen LogP contribution >= 0.6 is 0 Å². The van der Waals surface area contributed by atoms with Crippen LogP contribution in [0.1, 0.15) is 33.4 Å². The minimum absolute atomic E-state index is 0.0348. The summed E-state index contributed by atoms with van der Waals surface area (Å²) in [5.74, 6) is -0.262. The second kappa shape index (κ2) is 10.5. The van der Waals surface area contributed by atoms with E-state index in [-0.39, 0.29) is 17.6 Å². The van der Waals surface area contributed by atoms with E-state index in [0.29, 0.717) is 50.5 Å². The van der Waals surface area contributed by atoms with Gasteiger partial charge in [-0.15, -0.1) is 0 Å². The first-order valence-electron chi connectivity index (χ1n) is 12.2. The van der Waals surface area contributed by atoms with Gasteiger partial charge in [0.2, 0.25) is 5.91 Å². The van der Waals surface area contributed by atoms with Crippen LogP contribution in [0.15, 0.2) is 72.9 Å². The van der Waals surface area contributed by atoms with Crippen LogP contribution in [0.5, 0.6) is 0 Å². The third kappa shape index (κ3) is 4.56. The summed E-state index contributed by atoms with van der Waals surface area (Å²) >= 11 is 0. The molecule has 0 bridgehead atoms. The second-order valence-corrected chi connectivity index (χ2v) is 9.05. The highest BCUT2D eigenvalue weighted by Crippen LogP contribution is 2.43. The van der Waals surface area contributed by atoms with Crippen molar-refractivity contribution in [3.05, 3.63) is 95.4 Å². The van der Waals surface area contributed by atoms with Gasteiger partial charge in [0.05, 0.1) is 18.6 Å². The average Bonchev–Trinajstić information content (AvgIpc) is 2.93. The van der Waals surface area contributed by atoms with E-state index in [9.17, 15) is 14.0 Å². The lowest BCUT2D eigenvalue weighted by Gasteiger charge is -2.44. The van der Waals surface area contributed by atoms with Crippen LogP contribution in [0.4, 0.5) is 10.2 Å².